The molecule has 3 atom stereocenters. The number of H-pyrrole nitrogens is 1. The van der Waals surface area contributed by atoms with E-state index in [-0.39, 0.29) is 18.5 Å². The van der Waals surface area contributed by atoms with Crippen LogP contribution in [0.4, 0.5) is 0 Å². The zero-order valence-corrected chi connectivity index (χ0v) is 9.63. The fourth-order valence-electron chi connectivity index (χ4n) is 3.12. The maximum atomic E-state index is 11.9. The number of tetrazole rings is 1. The molecule has 0 radical (unpaired) electrons. The van der Waals surface area contributed by atoms with Crippen LogP contribution in [0.1, 0.15) is 37.9 Å². The molecule has 0 amide bonds. The van der Waals surface area contributed by atoms with Crippen LogP contribution in [0.3, 0.4) is 0 Å². The van der Waals surface area contributed by atoms with E-state index in [2.05, 4.69) is 20.6 Å². The zero-order chi connectivity index (χ0) is 11.7. The van der Waals surface area contributed by atoms with Gasteiger partial charge in [0.25, 0.3) is 0 Å². The molecule has 1 aromatic heterocycles. The van der Waals surface area contributed by atoms with Crippen LogP contribution in [0.5, 0.6) is 0 Å². The third kappa shape index (κ3) is 2.03. The van der Waals surface area contributed by atoms with Crippen LogP contribution in [0.15, 0.2) is 0 Å². The predicted molar refractivity (Wildman–Crippen MR) is 57.5 cm³/mol. The molecular formula is C11H16N4O2. The van der Waals surface area contributed by atoms with Crippen molar-refractivity contribution < 1.29 is 9.53 Å². The van der Waals surface area contributed by atoms with Crippen molar-refractivity contribution in [1.29, 1.82) is 0 Å². The zero-order valence-electron chi connectivity index (χ0n) is 9.63. The first kappa shape index (κ1) is 10.7. The summed E-state index contributed by atoms with van der Waals surface area (Å²) in [6.45, 7) is 0.128. The Bertz CT molecular complexity index is 392. The molecule has 0 aromatic carbocycles. The minimum Gasteiger partial charge on any atom is -0.457 e. The summed E-state index contributed by atoms with van der Waals surface area (Å²) in [5, 5.41) is 13.2. The van der Waals surface area contributed by atoms with Crippen molar-refractivity contribution in [3.8, 4) is 0 Å². The molecule has 3 rings (SSSR count). The number of nitrogens with zero attached hydrogens (tertiary/aromatic N) is 3. The summed E-state index contributed by atoms with van der Waals surface area (Å²) in [6, 6.07) is 0. The average Bonchev–Trinajstić information content (AvgIpc) is 2.81. The molecule has 1 heterocycles. The molecule has 1 aromatic rings. The number of aromatic amines is 1. The quantitative estimate of drug-likeness (QED) is 0.794. The summed E-state index contributed by atoms with van der Waals surface area (Å²) in [4.78, 5) is 11.9. The Kier molecular flexibility index (Phi) is 2.78. The van der Waals surface area contributed by atoms with E-state index in [1.807, 2.05) is 0 Å². The summed E-state index contributed by atoms with van der Waals surface area (Å²) >= 11 is 0. The number of nitrogens with one attached hydrogen (secondary N) is 1. The van der Waals surface area contributed by atoms with E-state index in [9.17, 15) is 4.79 Å². The number of aromatic nitrogens is 4. The van der Waals surface area contributed by atoms with Crippen molar-refractivity contribution in [2.24, 2.45) is 17.8 Å². The van der Waals surface area contributed by atoms with E-state index in [0.717, 1.165) is 12.3 Å². The lowest BCUT2D eigenvalue weighted by Crippen LogP contribution is -2.44. The molecule has 92 valence electrons. The van der Waals surface area contributed by atoms with Crippen LogP contribution in [0.25, 0.3) is 0 Å². The van der Waals surface area contributed by atoms with Gasteiger partial charge in [0.1, 0.15) is 0 Å². The second kappa shape index (κ2) is 4.43. The molecule has 0 spiro atoms. The molecule has 0 aliphatic heterocycles. The summed E-state index contributed by atoms with van der Waals surface area (Å²) in [6.07, 6.45) is 6.07. The Hall–Kier alpha value is -1.46. The highest BCUT2D eigenvalue weighted by Gasteiger charge is 2.46. The maximum Gasteiger partial charge on any atom is 0.309 e. The molecule has 1 N–H and O–H groups in total. The van der Waals surface area contributed by atoms with Gasteiger partial charge in [0, 0.05) is 0 Å². The lowest BCUT2D eigenvalue weighted by Gasteiger charge is -2.46. The molecule has 6 heteroatoms. The van der Waals surface area contributed by atoms with E-state index in [1.165, 1.54) is 25.7 Å². The molecule has 0 saturated heterocycles. The summed E-state index contributed by atoms with van der Waals surface area (Å²) < 4.78 is 5.22. The van der Waals surface area contributed by atoms with Gasteiger partial charge in [-0.1, -0.05) is 24.5 Å². The number of esters is 1. The highest BCUT2D eigenvalue weighted by atomic mass is 16.5. The molecule has 0 unspecified atom stereocenters. The Morgan fingerprint density at radius 3 is 3.06 bits per heavy atom. The molecule has 2 fully saturated rings. The minimum atomic E-state index is -0.0852. The molecule has 2 aliphatic rings. The minimum absolute atomic E-state index is 0.0852. The van der Waals surface area contributed by atoms with E-state index < -0.39 is 0 Å². The number of carbonyl (C=O) groups is 1. The Morgan fingerprint density at radius 2 is 2.29 bits per heavy atom. The van der Waals surface area contributed by atoms with Crippen LogP contribution in [-0.4, -0.2) is 26.6 Å². The van der Waals surface area contributed by atoms with Gasteiger partial charge in [0.05, 0.1) is 5.92 Å². The van der Waals surface area contributed by atoms with Crippen LogP contribution in [0.2, 0.25) is 0 Å². The van der Waals surface area contributed by atoms with E-state index in [4.69, 9.17) is 4.74 Å². The molecule has 2 saturated carbocycles. The van der Waals surface area contributed by atoms with Crippen molar-refractivity contribution in [3.05, 3.63) is 5.82 Å². The van der Waals surface area contributed by atoms with Crippen molar-refractivity contribution in [1.82, 2.24) is 20.6 Å². The van der Waals surface area contributed by atoms with Gasteiger partial charge in [0.2, 0.25) is 5.82 Å². The largest absolute Gasteiger partial charge is 0.457 e. The normalized spacial score (nSPS) is 31.4. The van der Waals surface area contributed by atoms with Crippen molar-refractivity contribution in [3.63, 3.8) is 0 Å². The highest BCUT2D eigenvalue weighted by molar-refractivity contribution is 5.74. The van der Waals surface area contributed by atoms with Crippen molar-refractivity contribution >= 4 is 5.97 Å². The first-order chi connectivity index (χ1) is 8.34. The standard InChI is InChI=1S/C11H16N4O2/c16-11(17-6-10-12-14-15-13-10)9-5-7-3-1-2-4-8(7)9/h7-9H,1-6H2,(H,12,13,14,15)/t7-,8-,9+/m0/s1. The second-order valence-electron chi connectivity index (χ2n) is 4.99. The van der Waals surface area contributed by atoms with E-state index >= 15 is 0 Å². The second-order valence-corrected chi connectivity index (χ2v) is 4.99. The van der Waals surface area contributed by atoms with Gasteiger partial charge in [-0.2, -0.15) is 5.21 Å². The van der Waals surface area contributed by atoms with Gasteiger partial charge in [-0.15, -0.1) is 10.2 Å². The van der Waals surface area contributed by atoms with Gasteiger partial charge < -0.3 is 4.74 Å². The molecule has 6 nitrogen and oxygen atoms in total. The smallest absolute Gasteiger partial charge is 0.309 e. The lowest BCUT2D eigenvalue weighted by atomic mass is 9.59. The highest BCUT2D eigenvalue weighted by Crippen LogP contribution is 2.49. The fraction of sp³-hybridized carbons (Fsp3) is 0.818. The Morgan fingerprint density at radius 1 is 1.41 bits per heavy atom. The summed E-state index contributed by atoms with van der Waals surface area (Å²) in [7, 11) is 0. The lowest BCUT2D eigenvalue weighted by molar-refractivity contribution is -0.161. The van der Waals surface area contributed by atoms with Crippen LogP contribution in [0, 0.1) is 17.8 Å². The number of hydrogen-bond donors (Lipinski definition) is 1. The van der Waals surface area contributed by atoms with Crippen molar-refractivity contribution in [2.75, 3.05) is 0 Å². The van der Waals surface area contributed by atoms with E-state index in [1.54, 1.807) is 0 Å². The van der Waals surface area contributed by atoms with Crippen LogP contribution in [-0.2, 0) is 16.1 Å². The number of fused-ring (bicyclic) bond motifs is 1. The fourth-order valence-corrected chi connectivity index (χ4v) is 3.12. The van der Waals surface area contributed by atoms with Crippen LogP contribution < -0.4 is 0 Å². The van der Waals surface area contributed by atoms with E-state index in [0.29, 0.717) is 11.7 Å². The number of ether oxygens (including phenoxy) is 1. The number of carbonyl (C=O) groups excluding carboxylic acids is 1. The first-order valence-corrected chi connectivity index (χ1v) is 6.23. The monoisotopic (exact) mass is 236 g/mol. The van der Waals surface area contributed by atoms with Crippen molar-refractivity contribution in [2.45, 2.75) is 38.7 Å². The molecule has 2 aliphatic carbocycles. The SMILES string of the molecule is O=C(OCc1nn[nH]n1)[C@@H]1C[C@@H]2CCCC[C@@H]21. The number of rotatable bonds is 3. The summed E-state index contributed by atoms with van der Waals surface area (Å²) in [5.41, 5.74) is 0. The third-order valence-electron chi connectivity index (χ3n) is 4.08. The maximum absolute atomic E-state index is 11.9. The molecular weight excluding hydrogens is 220 g/mol. The predicted octanol–water partition coefficient (Wildman–Crippen LogP) is 1.07. The first-order valence-electron chi connectivity index (χ1n) is 6.23. The molecule has 0 bridgehead atoms. The van der Waals surface area contributed by atoms with Crippen LogP contribution >= 0.6 is 0 Å². The van der Waals surface area contributed by atoms with Gasteiger partial charge in [-0.25, -0.2) is 0 Å². The van der Waals surface area contributed by atoms with Gasteiger partial charge in [-0.3, -0.25) is 4.79 Å². The van der Waals surface area contributed by atoms with Gasteiger partial charge >= 0.3 is 5.97 Å². The summed E-state index contributed by atoms with van der Waals surface area (Å²) in [5.74, 6) is 1.80. The van der Waals surface area contributed by atoms with Gasteiger partial charge in [0.15, 0.2) is 6.61 Å². The third-order valence-corrected chi connectivity index (χ3v) is 4.08. The topological polar surface area (TPSA) is 80.8 Å². The number of hydrogen-bond acceptors (Lipinski definition) is 5. The Balaban J connectivity index is 1.50. The molecule has 17 heavy (non-hydrogen) atoms. The van der Waals surface area contributed by atoms with Gasteiger partial charge in [-0.05, 0) is 24.7 Å². The average molecular weight is 236 g/mol. The Labute approximate surface area is 99.1 Å².